The van der Waals surface area contributed by atoms with Gasteiger partial charge >= 0.3 is 0 Å². The number of nitrogens with one attached hydrogen (secondary N) is 2. The summed E-state index contributed by atoms with van der Waals surface area (Å²) in [5, 5.41) is 6.30. The molecule has 3 nitrogen and oxygen atoms in total. The molecule has 0 saturated heterocycles. The number of anilines is 1. The van der Waals surface area contributed by atoms with Gasteiger partial charge in [-0.25, -0.2) is 0 Å². The molecule has 0 aliphatic rings. The molecule has 0 unspecified atom stereocenters. The Bertz CT molecular complexity index is 624. The van der Waals surface area contributed by atoms with Gasteiger partial charge in [0.15, 0.2) is 0 Å². The van der Waals surface area contributed by atoms with Crippen LogP contribution in [0.3, 0.4) is 0 Å². The highest BCUT2D eigenvalue weighted by Crippen LogP contribution is 2.22. The summed E-state index contributed by atoms with van der Waals surface area (Å²) in [6.07, 6.45) is 1.08. The monoisotopic (exact) mass is 366 g/mol. The number of carbonyl (C=O) groups is 1. The first-order valence-electron chi connectivity index (χ1n) is 6.97. The molecule has 2 aromatic rings. The first-order chi connectivity index (χ1) is 10.1. The Hall–Kier alpha value is -1.33. The van der Waals surface area contributed by atoms with E-state index in [0.717, 1.165) is 32.9 Å². The quantitative estimate of drug-likeness (QED) is 0.785. The smallest absolute Gasteiger partial charge is 0.251 e. The highest BCUT2D eigenvalue weighted by atomic mass is 79.9. The number of halogens is 1. The van der Waals surface area contributed by atoms with Gasteiger partial charge in [0, 0.05) is 22.7 Å². The molecule has 0 aliphatic carbocycles. The van der Waals surface area contributed by atoms with Crippen LogP contribution in [-0.4, -0.2) is 12.5 Å². The lowest BCUT2D eigenvalue weighted by Crippen LogP contribution is -2.22. The molecule has 2 rings (SSSR count). The van der Waals surface area contributed by atoms with E-state index in [-0.39, 0.29) is 5.91 Å². The summed E-state index contributed by atoms with van der Waals surface area (Å²) in [5.41, 5.74) is 2.88. The highest BCUT2D eigenvalue weighted by molar-refractivity contribution is 9.11. The molecule has 1 heterocycles. The maximum absolute atomic E-state index is 12.2. The molecule has 0 saturated carbocycles. The fourth-order valence-corrected chi connectivity index (χ4v) is 3.40. The van der Waals surface area contributed by atoms with Crippen molar-refractivity contribution in [1.82, 2.24) is 5.32 Å². The van der Waals surface area contributed by atoms with E-state index in [4.69, 9.17) is 0 Å². The largest absolute Gasteiger partial charge is 0.385 e. The number of rotatable bonds is 6. The molecule has 112 valence electrons. The van der Waals surface area contributed by atoms with Crippen LogP contribution in [0, 0.1) is 6.92 Å². The Kier molecular flexibility index (Phi) is 5.82. The maximum Gasteiger partial charge on any atom is 0.251 e. The number of hydrogen-bond donors (Lipinski definition) is 2. The zero-order valence-corrected chi connectivity index (χ0v) is 14.6. The Balaban J connectivity index is 1.97. The fraction of sp³-hybridized carbons (Fsp3) is 0.312. The minimum absolute atomic E-state index is 0.0373. The zero-order valence-electron chi connectivity index (χ0n) is 12.2. The molecule has 1 aromatic carbocycles. The Morgan fingerprint density at radius 3 is 2.71 bits per heavy atom. The summed E-state index contributed by atoms with van der Waals surface area (Å²) in [4.78, 5) is 13.3. The highest BCUT2D eigenvalue weighted by Gasteiger charge is 2.08. The summed E-state index contributed by atoms with van der Waals surface area (Å²) in [6, 6.07) is 9.77. The van der Waals surface area contributed by atoms with Gasteiger partial charge in [-0.1, -0.05) is 6.92 Å². The van der Waals surface area contributed by atoms with E-state index < -0.39 is 0 Å². The third-order valence-electron chi connectivity index (χ3n) is 3.11. The standard InChI is InChI=1S/C16H19BrN2OS/c1-3-8-18-14-6-4-12(9-11(14)2)16(20)19-10-13-5-7-15(17)21-13/h4-7,9,18H,3,8,10H2,1-2H3,(H,19,20). The van der Waals surface area contributed by atoms with Crippen LogP contribution >= 0.6 is 27.3 Å². The molecule has 21 heavy (non-hydrogen) atoms. The lowest BCUT2D eigenvalue weighted by atomic mass is 10.1. The molecule has 1 aromatic heterocycles. The third kappa shape index (κ3) is 4.58. The summed E-state index contributed by atoms with van der Waals surface area (Å²) < 4.78 is 1.08. The lowest BCUT2D eigenvalue weighted by Gasteiger charge is -2.10. The minimum atomic E-state index is -0.0373. The van der Waals surface area contributed by atoms with Gasteiger partial charge < -0.3 is 10.6 Å². The van der Waals surface area contributed by atoms with Crippen molar-refractivity contribution in [2.45, 2.75) is 26.8 Å². The van der Waals surface area contributed by atoms with Crippen molar-refractivity contribution in [3.63, 3.8) is 0 Å². The number of carbonyl (C=O) groups excluding carboxylic acids is 1. The van der Waals surface area contributed by atoms with E-state index in [1.807, 2.05) is 37.3 Å². The molecule has 0 aliphatic heterocycles. The molecule has 0 fully saturated rings. The zero-order chi connectivity index (χ0) is 15.2. The predicted octanol–water partition coefficient (Wildman–Crippen LogP) is 4.57. The molecular formula is C16H19BrN2OS. The van der Waals surface area contributed by atoms with Gasteiger partial charge in [-0.15, -0.1) is 11.3 Å². The fourth-order valence-electron chi connectivity index (χ4n) is 1.98. The van der Waals surface area contributed by atoms with E-state index >= 15 is 0 Å². The Morgan fingerprint density at radius 2 is 2.10 bits per heavy atom. The van der Waals surface area contributed by atoms with Gasteiger partial charge in [0.2, 0.25) is 0 Å². The first kappa shape index (κ1) is 16.0. The summed E-state index contributed by atoms with van der Waals surface area (Å²) in [5.74, 6) is -0.0373. The summed E-state index contributed by atoms with van der Waals surface area (Å²) in [7, 11) is 0. The van der Waals surface area contributed by atoms with Gasteiger partial charge in [-0.05, 0) is 65.2 Å². The van der Waals surface area contributed by atoms with Crippen LogP contribution in [0.2, 0.25) is 0 Å². The second-order valence-corrected chi connectivity index (χ2v) is 7.39. The predicted molar refractivity (Wildman–Crippen MR) is 93.1 cm³/mol. The van der Waals surface area contributed by atoms with Crippen molar-refractivity contribution in [3.05, 3.63) is 50.1 Å². The van der Waals surface area contributed by atoms with Gasteiger partial charge in [-0.2, -0.15) is 0 Å². The van der Waals surface area contributed by atoms with E-state index in [1.165, 1.54) is 0 Å². The summed E-state index contributed by atoms with van der Waals surface area (Å²) >= 11 is 5.05. The number of amides is 1. The first-order valence-corrected chi connectivity index (χ1v) is 8.58. The van der Waals surface area contributed by atoms with E-state index in [0.29, 0.717) is 12.1 Å². The molecule has 2 N–H and O–H groups in total. The topological polar surface area (TPSA) is 41.1 Å². The number of thiophene rings is 1. The number of aryl methyl sites for hydroxylation is 1. The molecule has 0 radical (unpaired) electrons. The maximum atomic E-state index is 12.2. The van der Waals surface area contributed by atoms with Crippen LogP contribution in [0.15, 0.2) is 34.1 Å². The van der Waals surface area contributed by atoms with Crippen molar-refractivity contribution < 1.29 is 4.79 Å². The van der Waals surface area contributed by atoms with Crippen LogP contribution in [0.4, 0.5) is 5.69 Å². The van der Waals surface area contributed by atoms with Crippen LogP contribution in [0.5, 0.6) is 0 Å². The minimum Gasteiger partial charge on any atom is -0.385 e. The van der Waals surface area contributed by atoms with Crippen molar-refractivity contribution >= 4 is 38.9 Å². The van der Waals surface area contributed by atoms with Crippen molar-refractivity contribution in [1.29, 1.82) is 0 Å². The van der Waals surface area contributed by atoms with Gasteiger partial charge in [0.05, 0.1) is 10.3 Å². The van der Waals surface area contributed by atoms with Crippen molar-refractivity contribution in [3.8, 4) is 0 Å². The number of benzene rings is 1. The molecule has 1 amide bonds. The normalized spacial score (nSPS) is 10.4. The molecule has 0 spiro atoms. The van der Waals surface area contributed by atoms with Gasteiger partial charge in [-0.3, -0.25) is 4.79 Å². The van der Waals surface area contributed by atoms with Gasteiger partial charge in [0.1, 0.15) is 0 Å². The van der Waals surface area contributed by atoms with Crippen LogP contribution in [0.1, 0.15) is 34.1 Å². The van der Waals surface area contributed by atoms with Crippen molar-refractivity contribution in [2.75, 3.05) is 11.9 Å². The third-order valence-corrected chi connectivity index (χ3v) is 4.73. The second-order valence-electron chi connectivity index (χ2n) is 4.84. The molecule has 0 bridgehead atoms. The van der Waals surface area contributed by atoms with Crippen LogP contribution < -0.4 is 10.6 Å². The van der Waals surface area contributed by atoms with E-state index in [2.05, 4.69) is 33.5 Å². The Labute approximate surface area is 137 Å². The average Bonchev–Trinajstić information content (AvgIpc) is 2.89. The van der Waals surface area contributed by atoms with Crippen LogP contribution in [0.25, 0.3) is 0 Å². The number of hydrogen-bond acceptors (Lipinski definition) is 3. The van der Waals surface area contributed by atoms with E-state index in [9.17, 15) is 4.79 Å². The van der Waals surface area contributed by atoms with E-state index in [1.54, 1.807) is 11.3 Å². The molecule has 5 heteroatoms. The van der Waals surface area contributed by atoms with Crippen molar-refractivity contribution in [2.24, 2.45) is 0 Å². The van der Waals surface area contributed by atoms with Crippen LogP contribution in [-0.2, 0) is 6.54 Å². The second kappa shape index (κ2) is 7.61. The summed E-state index contributed by atoms with van der Waals surface area (Å²) in [6.45, 7) is 5.65. The van der Waals surface area contributed by atoms with Gasteiger partial charge in [0.25, 0.3) is 5.91 Å². The Morgan fingerprint density at radius 1 is 1.29 bits per heavy atom. The lowest BCUT2D eigenvalue weighted by molar-refractivity contribution is 0.0951. The molecular weight excluding hydrogens is 348 g/mol. The SMILES string of the molecule is CCCNc1ccc(C(=O)NCc2ccc(Br)s2)cc1C. The average molecular weight is 367 g/mol. The molecule has 0 atom stereocenters.